The van der Waals surface area contributed by atoms with Gasteiger partial charge in [-0.15, -0.1) is 0 Å². The van der Waals surface area contributed by atoms with Crippen molar-refractivity contribution in [3.8, 4) is 0 Å². The Labute approximate surface area is 256 Å². The van der Waals surface area contributed by atoms with Crippen molar-refractivity contribution in [2.45, 2.75) is 143 Å². The van der Waals surface area contributed by atoms with Gasteiger partial charge in [0.05, 0.1) is 11.8 Å². The maximum atomic E-state index is 11.6. The fraction of sp³-hybridized carbons (Fsp3) is 0.800. The second-order valence-corrected chi connectivity index (χ2v) is 14.6. The molecule has 10 atom stereocenters. The quantitative estimate of drug-likeness (QED) is 0.135. The van der Waals surface area contributed by atoms with Crippen LogP contribution in [0, 0.1) is 34.5 Å². The summed E-state index contributed by atoms with van der Waals surface area (Å²) >= 11 is 0. The molecule has 1 aliphatic heterocycles. The van der Waals surface area contributed by atoms with Crippen molar-refractivity contribution in [3.05, 3.63) is 23.8 Å². The van der Waals surface area contributed by atoms with Crippen LogP contribution in [0.4, 0.5) is 0 Å². The molecule has 238 valence electrons. The van der Waals surface area contributed by atoms with E-state index in [4.69, 9.17) is 28.9 Å². The van der Waals surface area contributed by atoms with Crippen LogP contribution in [0.2, 0.25) is 0 Å². The van der Waals surface area contributed by atoms with Gasteiger partial charge in [-0.3, -0.25) is 9.59 Å². The van der Waals surface area contributed by atoms with E-state index in [-0.39, 0.29) is 11.5 Å². The van der Waals surface area contributed by atoms with Crippen LogP contribution >= 0.6 is 0 Å². The van der Waals surface area contributed by atoms with Crippen LogP contribution in [0.3, 0.4) is 0 Å². The zero-order valence-corrected chi connectivity index (χ0v) is 26.7. The Kier molecular flexibility index (Phi) is 8.82. The molecule has 4 unspecified atom stereocenters. The topological polar surface area (TPSA) is 92.7 Å². The second kappa shape index (κ2) is 12.3. The SMILES string of the molecule is CC(=O)O[C@H]1OC(O[C@H]2CC[C@@]3(C)C(=CCC4C3CC[C@@]3(C)C4CC[C@@H]3/C(C)=N/OC3CCCC3)C2)C=C[C@@H]1OC(C)=O. The number of oxime groups is 1. The first-order chi connectivity index (χ1) is 20.6. The second-order valence-electron chi connectivity index (χ2n) is 14.6. The van der Waals surface area contributed by atoms with Gasteiger partial charge in [0.25, 0.3) is 0 Å². The Morgan fingerprint density at radius 1 is 0.884 bits per heavy atom. The molecular weight excluding hydrogens is 546 g/mol. The highest BCUT2D eigenvalue weighted by molar-refractivity contribution is 5.85. The van der Waals surface area contributed by atoms with Crippen LogP contribution in [0.15, 0.2) is 29.0 Å². The predicted molar refractivity (Wildman–Crippen MR) is 162 cm³/mol. The first-order valence-electron chi connectivity index (χ1n) is 16.8. The first-order valence-corrected chi connectivity index (χ1v) is 16.8. The fourth-order valence-corrected chi connectivity index (χ4v) is 10.0. The zero-order chi connectivity index (χ0) is 30.4. The van der Waals surface area contributed by atoms with Crippen LogP contribution in [0.1, 0.15) is 112 Å². The van der Waals surface area contributed by atoms with E-state index in [1.165, 1.54) is 58.1 Å². The van der Waals surface area contributed by atoms with Gasteiger partial charge >= 0.3 is 11.9 Å². The molecule has 8 nitrogen and oxygen atoms in total. The molecule has 1 heterocycles. The standard InChI is InChI=1S/C35H51NO7/c1-21(36-43-25-8-6-7-9-25)28-12-13-29-27-11-10-24-20-26(16-18-34(24,4)30(27)17-19-35(28,29)5)41-32-15-14-31(39-22(2)37)33(42-32)40-23(3)38/h10,14-15,25-33H,6-9,11-13,16-20H2,1-5H3/b36-21+/t26-,27?,28+,29?,30?,31-,32?,33-,34-,35+/m0/s1. The normalized spacial score (nSPS) is 42.8. The lowest BCUT2D eigenvalue weighted by atomic mass is 9.47. The van der Waals surface area contributed by atoms with Gasteiger partial charge in [0.15, 0.2) is 12.4 Å². The van der Waals surface area contributed by atoms with Gasteiger partial charge in [-0.05, 0) is 125 Å². The summed E-state index contributed by atoms with van der Waals surface area (Å²) in [6, 6.07) is 0. The number of hydrogen-bond acceptors (Lipinski definition) is 8. The van der Waals surface area contributed by atoms with Gasteiger partial charge in [-0.2, -0.15) is 0 Å². The minimum absolute atomic E-state index is 0.0252. The molecule has 0 aromatic heterocycles. The van der Waals surface area contributed by atoms with Gasteiger partial charge in [0.1, 0.15) is 6.10 Å². The minimum Gasteiger partial charge on any atom is -0.452 e. The monoisotopic (exact) mass is 597 g/mol. The molecule has 4 fully saturated rings. The largest absolute Gasteiger partial charge is 0.452 e. The average Bonchev–Trinajstić information content (AvgIpc) is 3.60. The summed E-state index contributed by atoms with van der Waals surface area (Å²) in [5, 5.41) is 4.73. The smallest absolute Gasteiger partial charge is 0.305 e. The molecule has 0 amide bonds. The Bertz CT molecular complexity index is 1160. The Morgan fingerprint density at radius 3 is 2.40 bits per heavy atom. The van der Waals surface area contributed by atoms with Gasteiger partial charge < -0.3 is 23.8 Å². The van der Waals surface area contributed by atoms with E-state index in [1.54, 1.807) is 17.7 Å². The molecule has 0 bridgehead atoms. The number of carbonyl (C=O) groups excluding carboxylic acids is 2. The van der Waals surface area contributed by atoms with Crippen molar-refractivity contribution < 1.29 is 33.4 Å². The van der Waals surface area contributed by atoms with Crippen LogP contribution in [-0.2, 0) is 33.4 Å². The molecule has 6 rings (SSSR count). The van der Waals surface area contributed by atoms with E-state index in [1.807, 2.05) is 0 Å². The highest BCUT2D eigenvalue weighted by Gasteiger charge is 2.59. The minimum atomic E-state index is -1.02. The highest BCUT2D eigenvalue weighted by Crippen LogP contribution is 2.66. The van der Waals surface area contributed by atoms with Crippen LogP contribution in [0.25, 0.3) is 0 Å². The summed E-state index contributed by atoms with van der Waals surface area (Å²) in [6.07, 6.45) is 17.9. The van der Waals surface area contributed by atoms with E-state index in [0.717, 1.165) is 50.4 Å². The third-order valence-corrected chi connectivity index (χ3v) is 12.1. The van der Waals surface area contributed by atoms with Gasteiger partial charge in [-0.25, -0.2) is 0 Å². The lowest BCUT2D eigenvalue weighted by Gasteiger charge is -2.58. The lowest BCUT2D eigenvalue weighted by Crippen LogP contribution is -2.51. The molecule has 5 aliphatic carbocycles. The predicted octanol–water partition coefficient (Wildman–Crippen LogP) is 7.02. The molecule has 0 N–H and O–H groups in total. The molecule has 0 saturated heterocycles. The number of fused-ring (bicyclic) bond motifs is 5. The van der Waals surface area contributed by atoms with Crippen LogP contribution in [0.5, 0.6) is 0 Å². The summed E-state index contributed by atoms with van der Waals surface area (Å²) in [7, 11) is 0. The van der Waals surface area contributed by atoms with Crippen LogP contribution in [-0.4, -0.2) is 48.5 Å². The Hall–Kier alpha value is -2.19. The van der Waals surface area contributed by atoms with Crippen molar-refractivity contribution >= 4 is 17.7 Å². The number of hydrogen-bond donors (Lipinski definition) is 0. The number of esters is 2. The first kappa shape index (κ1) is 30.8. The number of carbonyl (C=O) groups is 2. The number of rotatable bonds is 7. The lowest BCUT2D eigenvalue weighted by molar-refractivity contribution is -0.265. The Balaban J connectivity index is 1.10. The molecule has 4 saturated carbocycles. The third kappa shape index (κ3) is 6.07. The fourth-order valence-electron chi connectivity index (χ4n) is 10.0. The highest BCUT2D eigenvalue weighted by atomic mass is 16.8. The summed E-state index contributed by atoms with van der Waals surface area (Å²) in [6.45, 7) is 9.92. The van der Waals surface area contributed by atoms with Crippen molar-refractivity contribution in [1.29, 1.82) is 0 Å². The molecule has 0 aromatic carbocycles. The zero-order valence-electron chi connectivity index (χ0n) is 26.7. The van der Waals surface area contributed by atoms with Crippen molar-refractivity contribution in [3.63, 3.8) is 0 Å². The summed E-state index contributed by atoms with van der Waals surface area (Å²) in [5.41, 5.74) is 3.28. The van der Waals surface area contributed by atoms with E-state index >= 15 is 0 Å². The number of nitrogens with zero attached hydrogens (tertiary/aromatic N) is 1. The molecule has 0 aromatic rings. The van der Waals surface area contributed by atoms with Crippen molar-refractivity contribution in [1.82, 2.24) is 0 Å². The van der Waals surface area contributed by atoms with Gasteiger partial charge in [-0.1, -0.05) is 30.7 Å². The summed E-state index contributed by atoms with van der Waals surface area (Å²) in [4.78, 5) is 29.2. The molecule has 0 radical (unpaired) electrons. The van der Waals surface area contributed by atoms with E-state index in [0.29, 0.717) is 23.4 Å². The van der Waals surface area contributed by atoms with Crippen molar-refractivity contribution in [2.75, 3.05) is 0 Å². The maximum absolute atomic E-state index is 11.6. The summed E-state index contributed by atoms with van der Waals surface area (Å²) in [5.74, 6) is 1.74. The van der Waals surface area contributed by atoms with E-state index in [9.17, 15) is 9.59 Å². The van der Waals surface area contributed by atoms with Gasteiger partial charge in [0.2, 0.25) is 6.29 Å². The van der Waals surface area contributed by atoms with E-state index in [2.05, 4.69) is 26.8 Å². The van der Waals surface area contributed by atoms with Crippen molar-refractivity contribution in [2.24, 2.45) is 39.7 Å². The number of allylic oxidation sites excluding steroid dienone is 1. The van der Waals surface area contributed by atoms with E-state index < -0.39 is 30.6 Å². The molecular formula is C35H51NO7. The van der Waals surface area contributed by atoms with Crippen LogP contribution < -0.4 is 0 Å². The summed E-state index contributed by atoms with van der Waals surface area (Å²) < 4.78 is 22.9. The molecule has 6 aliphatic rings. The molecule has 0 spiro atoms. The third-order valence-electron chi connectivity index (χ3n) is 12.1. The van der Waals surface area contributed by atoms with Gasteiger partial charge in [0, 0.05) is 19.8 Å². The average molecular weight is 598 g/mol. The number of ether oxygens (including phenoxy) is 4. The molecule has 43 heavy (non-hydrogen) atoms. The molecule has 8 heteroatoms. The Morgan fingerprint density at radius 2 is 1.65 bits per heavy atom. The maximum Gasteiger partial charge on any atom is 0.305 e.